The molecule has 0 radical (unpaired) electrons. The summed E-state index contributed by atoms with van der Waals surface area (Å²) >= 11 is 0. The molecule has 0 aromatic rings. The van der Waals surface area contributed by atoms with E-state index < -0.39 is 6.10 Å². The molecule has 1 aliphatic carbocycles. The molecule has 0 spiro atoms. The van der Waals surface area contributed by atoms with Crippen molar-refractivity contribution in [2.24, 2.45) is 17.8 Å². The minimum atomic E-state index is -0.517. The van der Waals surface area contributed by atoms with E-state index in [1.165, 1.54) is 13.5 Å². The second kappa shape index (κ2) is 4.78. The van der Waals surface area contributed by atoms with Crippen LogP contribution in [0.5, 0.6) is 0 Å². The minimum Gasteiger partial charge on any atom is -0.469 e. The SMILES string of the molecule is COC(=O)C(C(C)C)C(O)C1CCC1. The van der Waals surface area contributed by atoms with Crippen molar-refractivity contribution in [3.05, 3.63) is 0 Å². The highest BCUT2D eigenvalue weighted by Gasteiger charge is 2.38. The molecule has 0 aromatic carbocycles. The third-order valence-electron chi connectivity index (χ3n) is 3.19. The van der Waals surface area contributed by atoms with E-state index in [1.54, 1.807) is 0 Å². The maximum Gasteiger partial charge on any atom is 0.311 e. The number of hydrogen-bond donors (Lipinski definition) is 1. The molecule has 82 valence electrons. The largest absolute Gasteiger partial charge is 0.469 e. The second-order valence-electron chi connectivity index (χ2n) is 4.47. The first-order chi connectivity index (χ1) is 6.57. The molecule has 0 amide bonds. The van der Waals surface area contributed by atoms with Crippen LogP contribution in [-0.2, 0) is 9.53 Å². The molecule has 1 fully saturated rings. The van der Waals surface area contributed by atoms with Crippen molar-refractivity contribution >= 4 is 5.97 Å². The lowest BCUT2D eigenvalue weighted by atomic mass is 9.74. The first-order valence-electron chi connectivity index (χ1n) is 5.33. The number of ether oxygens (including phenoxy) is 1. The van der Waals surface area contributed by atoms with Crippen LogP contribution in [0.25, 0.3) is 0 Å². The summed E-state index contributed by atoms with van der Waals surface area (Å²) in [6, 6.07) is 0. The van der Waals surface area contributed by atoms with Crippen molar-refractivity contribution < 1.29 is 14.6 Å². The van der Waals surface area contributed by atoms with E-state index >= 15 is 0 Å². The van der Waals surface area contributed by atoms with E-state index in [0.717, 1.165) is 12.8 Å². The van der Waals surface area contributed by atoms with Crippen molar-refractivity contribution in [2.45, 2.75) is 39.2 Å². The van der Waals surface area contributed by atoms with Crippen LogP contribution in [0.4, 0.5) is 0 Å². The molecule has 0 heterocycles. The van der Waals surface area contributed by atoms with Gasteiger partial charge in [0.15, 0.2) is 0 Å². The molecule has 0 bridgehead atoms. The average molecular weight is 200 g/mol. The predicted octanol–water partition coefficient (Wildman–Crippen LogP) is 1.59. The molecular formula is C11H20O3. The molecular weight excluding hydrogens is 180 g/mol. The first kappa shape index (κ1) is 11.5. The van der Waals surface area contributed by atoms with Crippen LogP contribution in [0, 0.1) is 17.8 Å². The summed E-state index contributed by atoms with van der Waals surface area (Å²) < 4.78 is 4.71. The van der Waals surface area contributed by atoms with Crippen LogP contribution < -0.4 is 0 Å². The quantitative estimate of drug-likeness (QED) is 0.701. The zero-order valence-corrected chi connectivity index (χ0v) is 9.19. The second-order valence-corrected chi connectivity index (χ2v) is 4.47. The third kappa shape index (κ3) is 2.27. The summed E-state index contributed by atoms with van der Waals surface area (Å²) in [6.07, 6.45) is 2.74. The van der Waals surface area contributed by atoms with E-state index in [-0.39, 0.29) is 17.8 Å². The highest BCUT2D eigenvalue weighted by atomic mass is 16.5. The molecule has 3 heteroatoms. The van der Waals surface area contributed by atoms with Crippen LogP contribution in [0.3, 0.4) is 0 Å². The van der Waals surface area contributed by atoms with Gasteiger partial charge in [-0.1, -0.05) is 20.3 Å². The molecule has 2 unspecified atom stereocenters. The van der Waals surface area contributed by atoms with Crippen molar-refractivity contribution in [1.82, 2.24) is 0 Å². The number of carbonyl (C=O) groups excluding carboxylic acids is 1. The molecule has 0 aliphatic heterocycles. The fraction of sp³-hybridized carbons (Fsp3) is 0.909. The van der Waals surface area contributed by atoms with Crippen LogP contribution in [0.15, 0.2) is 0 Å². The van der Waals surface area contributed by atoms with E-state index in [9.17, 15) is 9.90 Å². The number of esters is 1. The van der Waals surface area contributed by atoms with Gasteiger partial charge in [0.05, 0.1) is 19.1 Å². The monoisotopic (exact) mass is 200 g/mol. The Kier molecular flexibility index (Phi) is 3.93. The van der Waals surface area contributed by atoms with Crippen molar-refractivity contribution in [2.75, 3.05) is 7.11 Å². The van der Waals surface area contributed by atoms with Gasteiger partial charge in [0.25, 0.3) is 0 Å². The fourth-order valence-corrected chi connectivity index (χ4v) is 2.02. The number of aliphatic hydroxyl groups is 1. The average Bonchev–Trinajstić information content (AvgIpc) is 2.00. The summed E-state index contributed by atoms with van der Waals surface area (Å²) in [4.78, 5) is 11.5. The Bertz CT molecular complexity index is 197. The lowest BCUT2D eigenvalue weighted by molar-refractivity contribution is -0.154. The van der Waals surface area contributed by atoms with Gasteiger partial charge in [-0.25, -0.2) is 0 Å². The molecule has 3 nitrogen and oxygen atoms in total. The summed E-state index contributed by atoms with van der Waals surface area (Å²) in [7, 11) is 1.38. The maximum atomic E-state index is 11.5. The molecule has 1 N–H and O–H groups in total. The minimum absolute atomic E-state index is 0.137. The Morgan fingerprint density at radius 3 is 2.29 bits per heavy atom. The summed E-state index contributed by atoms with van der Waals surface area (Å²) in [6.45, 7) is 3.90. The maximum absolute atomic E-state index is 11.5. The number of methoxy groups -OCH3 is 1. The molecule has 1 rings (SSSR count). The van der Waals surface area contributed by atoms with E-state index in [4.69, 9.17) is 4.74 Å². The predicted molar refractivity (Wildman–Crippen MR) is 53.7 cm³/mol. The zero-order chi connectivity index (χ0) is 10.7. The van der Waals surface area contributed by atoms with Crippen molar-refractivity contribution in [3.63, 3.8) is 0 Å². The van der Waals surface area contributed by atoms with Crippen LogP contribution in [0.1, 0.15) is 33.1 Å². The van der Waals surface area contributed by atoms with Gasteiger partial charge in [-0.05, 0) is 24.7 Å². The Hall–Kier alpha value is -0.570. The van der Waals surface area contributed by atoms with Gasteiger partial charge in [0.1, 0.15) is 0 Å². The summed E-state index contributed by atoms with van der Waals surface area (Å²) in [5, 5.41) is 10.00. The summed E-state index contributed by atoms with van der Waals surface area (Å²) in [5.74, 6) is -0.191. The highest BCUT2D eigenvalue weighted by Crippen LogP contribution is 2.35. The van der Waals surface area contributed by atoms with Crippen LogP contribution >= 0.6 is 0 Å². The Morgan fingerprint density at radius 2 is 2.00 bits per heavy atom. The molecule has 2 atom stereocenters. The van der Waals surface area contributed by atoms with Crippen molar-refractivity contribution in [3.8, 4) is 0 Å². The van der Waals surface area contributed by atoms with Gasteiger partial charge in [-0.2, -0.15) is 0 Å². The number of rotatable bonds is 4. The smallest absolute Gasteiger partial charge is 0.311 e. The topological polar surface area (TPSA) is 46.5 Å². The first-order valence-corrected chi connectivity index (χ1v) is 5.33. The molecule has 1 aliphatic rings. The lowest BCUT2D eigenvalue weighted by Crippen LogP contribution is -2.40. The van der Waals surface area contributed by atoms with E-state index in [0.29, 0.717) is 5.92 Å². The molecule has 0 aromatic heterocycles. The number of aliphatic hydroxyl groups excluding tert-OH is 1. The van der Waals surface area contributed by atoms with Gasteiger partial charge in [0, 0.05) is 0 Å². The van der Waals surface area contributed by atoms with Gasteiger partial charge in [-0.3, -0.25) is 4.79 Å². The Morgan fingerprint density at radius 1 is 1.43 bits per heavy atom. The Balaban J connectivity index is 2.60. The number of hydrogen-bond acceptors (Lipinski definition) is 3. The molecule has 0 saturated heterocycles. The van der Waals surface area contributed by atoms with Crippen LogP contribution in [0.2, 0.25) is 0 Å². The standard InChI is InChI=1S/C11H20O3/c1-7(2)9(11(13)14-3)10(12)8-5-4-6-8/h7-10,12H,4-6H2,1-3H3. The summed E-state index contributed by atoms with van der Waals surface area (Å²) in [5.41, 5.74) is 0. The third-order valence-corrected chi connectivity index (χ3v) is 3.19. The lowest BCUT2D eigenvalue weighted by Gasteiger charge is -2.35. The molecule has 14 heavy (non-hydrogen) atoms. The number of carbonyl (C=O) groups is 1. The van der Waals surface area contributed by atoms with Crippen LogP contribution in [-0.4, -0.2) is 24.3 Å². The fourth-order valence-electron chi connectivity index (χ4n) is 2.02. The van der Waals surface area contributed by atoms with Gasteiger partial charge in [0.2, 0.25) is 0 Å². The van der Waals surface area contributed by atoms with Gasteiger partial charge < -0.3 is 9.84 Å². The van der Waals surface area contributed by atoms with Crippen molar-refractivity contribution in [1.29, 1.82) is 0 Å². The highest BCUT2D eigenvalue weighted by molar-refractivity contribution is 5.73. The zero-order valence-electron chi connectivity index (χ0n) is 9.19. The van der Waals surface area contributed by atoms with Gasteiger partial charge in [-0.15, -0.1) is 0 Å². The molecule has 1 saturated carbocycles. The van der Waals surface area contributed by atoms with E-state index in [1.807, 2.05) is 13.8 Å². The van der Waals surface area contributed by atoms with Gasteiger partial charge >= 0.3 is 5.97 Å². The Labute approximate surface area is 85.5 Å². The normalized spacial score (nSPS) is 21.5. The van der Waals surface area contributed by atoms with E-state index in [2.05, 4.69) is 0 Å².